The number of nitrogens with one attached hydrogen (secondary N) is 2. The van der Waals surface area contributed by atoms with E-state index in [0.29, 0.717) is 64.0 Å². The van der Waals surface area contributed by atoms with Gasteiger partial charge < -0.3 is 59.6 Å². The van der Waals surface area contributed by atoms with E-state index >= 15 is 0 Å². The number of β-amino-alcohol motifs (C(OH)–C–C–N with tert-alkyl or cyclic N) is 3. The molecular formula is C54H67Cl2N9O11S3. The van der Waals surface area contributed by atoms with Crippen molar-refractivity contribution < 1.29 is 53.4 Å². The van der Waals surface area contributed by atoms with Gasteiger partial charge in [-0.25, -0.2) is 34.1 Å². The number of anilines is 3. The molecule has 0 fully saturated rings. The Labute approximate surface area is 481 Å². The molecule has 3 unspecified atom stereocenters. The first kappa shape index (κ1) is 62.2. The topological polar surface area (TPSA) is 242 Å². The molecule has 3 aromatic heterocycles. The first-order chi connectivity index (χ1) is 37.4. The molecular weight excluding hydrogens is 1120 g/mol. The molecule has 3 aliphatic rings. The summed E-state index contributed by atoms with van der Waals surface area (Å²) in [5.41, 5.74) is 7.79. The number of aromatic nitrogens is 3. The fourth-order valence-corrected chi connectivity index (χ4v) is 11.6. The van der Waals surface area contributed by atoms with Gasteiger partial charge in [0, 0.05) is 102 Å². The minimum absolute atomic E-state index is 0.132. The molecule has 6 aromatic rings. The number of nitrogens with zero attached hydrogens (tertiary/aromatic N) is 7. The Kier molecular flexibility index (Phi) is 21.6. The average molecular weight is 1190 g/mol. The van der Waals surface area contributed by atoms with Crippen LogP contribution in [0.15, 0.2) is 54.6 Å². The van der Waals surface area contributed by atoms with E-state index in [9.17, 15) is 34.5 Å². The summed E-state index contributed by atoms with van der Waals surface area (Å²) in [5, 5.41) is 39.2. The number of aliphatic hydroxyl groups is 3. The number of methoxy groups -OCH3 is 3. The quantitative estimate of drug-likeness (QED) is 0.0518. The molecule has 426 valence electrons. The second kappa shape index (κ2) is 27.5. The number of fused-ring (bicyclic) bond motifs is 3. The number of alkyl halides is 2. The monoisotopic (exact) mass is 1180 g/mol. The number of amides is 1. The van der Waals surface area contributed by atoms with E-state index in [4.69, 9.17) is 42.1 Å². The minimum Gasteiger partial charge on any atom is -0.465 e. The van der Waals surface area contributed by atoms with Crippen LogP contribution in [0.1, 0.15) is 102 Å². The van der Waals surface area contributed by atoms with Gasteiger partial charge in [0.2, 0.25) is 0 Å². The Bertz CT molecular complexity index is 3000. The van der Waals surface area contributed by atoms with Gasteiger partial charge in [0.25, 0.3) is 0 Å². The summed E-state index contributed by atoms with van der Waals surface area (Å²) < 4.78 is 20.2. The SMILES string of the molecule is COC(=O)c1cc(N(C)C)ccc1-c1nc2c(s1)C(O)CN(C(=O)OC(C)(C)C)C2.COC(=O)c1cc(N(C)C)ccc1-c1nc2c(s1)C(O)CNC2.COC(=O)c1cc(N(C)C)ccc1-c1nc2c(s1)C(O)CNC2.ClCCl. The molecule has 3 aromatic carbocycles. The molecule has 3 aliphatic heterocycles. The van der Waals surface area contributed by atoms with Crippen molar-refractivity contribution in [2.45, 2.75) is 64.3 Å². The molecule has 0 aliphatic carbocycles. The highest BCUT2D eigenvalue weighted by Gasteiger charge is 2.34. The molecule has 1 amide bonds. The largest absolute Gasteiger partial charge is 0.465 e. The van der Waals surface area contributed by atoms with Crippen LogP contribution in [-0.2, 0) is 38.6 Å². The molecule has 20 nitrogen and oxygen atoms in total. The number of hydrogen-bond acceptors (Lipinski definition) is 22. The van der Waals surface area contributed by atoms with E-state index in [-0.39, 0.29) is 18.4 Å². The maximum atomic E-state index is 12.4. The molecule has 79 heavy (non-hydrogen) atoms. The zero-order valence-corrected chi connectivity index (χ0v) is 50.1. The number of benzene rings is 3. The summed E-state index contributed by atoms with van der Waals surface area (Å²) in [6.07, 6.45) is -2.46. The highest BCUT2D eigenvalue weighted by molar-refractivity contribution is 7.16. The lowest BCUT2D eigenvalue weighted by atomic mass is 10.1. The highest BCUT2D eigenvalue weighted by Crippen LogP contribution is 2.41. The number of hydrogen-bond donors (Lipinski definition) is 5. The molecule has 25 heteroatoms. The highest BCUT2D eigenvalue weighted by atomic mass is 35.5. The zero-order chi connectivity index (χ0) is 58.0. The lowest BCUT2D eigenvalue weighted by molar-refractivity contribution is 0.00842. The standard InChI is InChI=1S/C21H27N3O5S.2C16H19N3O3S.CH2Cl2/c1-21(2,3)29-20(27)24-10-15-17(16(25)11-24)30-18(22-15)13-8-7-12(23(4)5)9-14(13)19(26)28-6;2*1-19(2)9-4-5-10(11(6-9)16(21)22-3)15-18-12-7-17-8-13(20)14(12)23-15;2-1-3/h7-9,16,25H,10-11H2,1-6H3;2*4-6,13,17,20H,7-8H2,1-3H3;1H2. The summed E-state index contributed by atoms with van der Waals surface area (Å²) in [6, 6.07) is 16.7. The van der Waals surface area contributed by atoms with E-state index in [1.165, 1.54) is 60.2 Å². The Morgan fingerprint density at radius 2 is 0.924 bits per heavy atom. The molecule has 0 spiro atoms. The van der Waals surface area contributed by atoms with Gasteiger partial charge in [-0.2, -0.15) is 0 Å². The number of aliphatic hydroxyl groups excluding tert-OH is 3. The van der Waals surface area contributed by atoms with Crippen molar-refractivity contribution in [3.63, 3.8) is 0 Å². The van der Waals surface area contributed by atoms with Gasteiger partial charge in [-0.3, -0.25) is 4.90 Å². The van der Waals surface area contributed by atoms with Crippen LogP contribution in [0.4, 0.5) is 21.9 Å². The Morgan fingerprint density at radius 1 is 0.595 bits per heavy atom. The van der Waals surface area contributed by atoms with Gasteiger partial charge in [0.05, 0.1) is 88.2 Å². The predicted octanol–water partition coefficient (Wildman–Crippen LogP) is 8.47. The van der Waals surface area contributed by atoms with Crippen LogP contribution in [0.2, 0.25) is 0 Å². The lowest BCUT2D eigenvalue weighted by Crippen LogP contribution is -2.41. The Morgan fingerprint density at radius 3 is 1.23 bits per heavy atom. The minimum atomic E-state index is -0.866. The first-order valence-corrected chi connectivity index (χ1v) is 28.2. The molecule has 3 atom stereocenters. The molecule has 5 N–H and O–H groups in total. The normalized spacial score (nSPS) is 16.1. The fraction of sp³-hybridized carbons (Fsp3) is 0.426. The van der Waals surface area contributed by atoms with Crippen molar-refractivity contribution in [3.8, 4) is 31.7 Å². The number of esters is 3. The number of carbonyl (C=O) groups is 4. The number of ether oxygens (including phenoxy) is 4. The van der Waals surface area contributed by atoms with E-state index < -0.39 is 47.9 Å². The van der Waals surface area contributed by atoms with Crippen molar-refractivity contribution in [2.75, 3.05) is 103 Å². The van der Waals surface area contributed by atoms with E-state index in [1.54, 1.807) is 39.0 Å². The molecule has 9 rings (SSSR count). The van der Waals surface area contributed by atoms with E-state index in [1.807, 2.05) is 93.4 Å². The van der Waals surface area contributed by atoms with Gasteiger partial charge in [0.15, 0.2) is 0 Å². The van der Waals surface area contributed by atoms with Crippen LogP contribution >= 0.6 is 57.2 Å². The van der Waals surface area contributed by atoms with Crippen LogP contribution in [0.3, 0.4) is 0 Å². The Balaban J connectivity index is 0.000000189. The van der Waals surface area contributed by atoms with Gasteiger partial charge in [-0.15, -0.1) is 57.2 Å². The summed E-state index contributed by atoms with van der Waals surface area (Å²) in [7, 11) is 15.5. The van der Waals surface area contributed by atoms with Crippen molar-refractivity contribution >= 4 is 98.3 Å². The third-order valence-electron chi connectivity index (χ3n) is 12.2. The summed E-state index contributed by atoms with van der Waals surface area (Å²) in [5.74, 6) is -1.25. The van der Waals surface area contributed by atoms with Crippen molar-refractivity contribution in [3.05, 3.63) is 103 Å². The lowest BCUT2D eigenvalue weighted by Gasteiger charge is -2.31. The predicted molar refractivity (Wildman–Crippen MR) is 311 cm³/mol. The third kappa shape index (κ3) is 15.3. The van der Waals surface area contributed by atoms with E-state index in [0.717, 1.165) is 59.3 Å². The van der Waals surface area contributed by atoms with Crippen LogP contribution in [0, 0.1) is 0 Å². The summed E-state index contributed by atoms with van der Waals surface area (Å²) in [4.78, 5) is 72.6. The summed E-state index contributed by atoms with van der Waals surface area (Å²) >= 11 is 13.7. The van der Waals surface area contributed by atoms with Gasteiger partial charge >= 0.3 is 24.0 Å². The number of thiazole rings is 3. The number of halogens is 2. The number of rotatable bonds is 9. The zero-order valence-electron chi connectivity index (χ0n) is 46.1. The number of carbonyl (C=O) groups excluding carboxylic acids is 4. The second-order valence-electron chi connectivity index (χ2n) is 19.6. The Hall–Kier alpha value is -5.99. The molecule has 0 radical (unpaired) electrons. The maximum absolute atomic E-state index is 12.4. The average Bonchev–Trinajstić information content (AvgIpc) is 4.22. The van der Waals surface area contributed by atoms with Crippen LogP contribution in [0.5, 0.6) is 0 Å². The van der Waals surface area contributed by atoms with E-state index in [2.05, 4.69) is 25.6 Å². The van der Waals surface area contributed by atoms with Crippen molar-refractivity contribution in [1.29, 1.82) is 0 Å². The maximum Gasteiger partial charge on any atom is 0.410 e. The summed E-state index contributed by atoms with van der Waals surface area (Å²) in [6.45, 7) is 8.07. The second-order valence-corrected chi connectivity index (χ2v) is 23.5. The molecule has 0 saturated heterocycles. The van der Waals surface area contributed by atoms with Crippen molar-refractivity contribution in [1.82, 2.24) is 30.5 Å². The van der Waals surface area contributed by atoms with Crippen LogP contribution < -0.4 is 25.3 Å². The molecule has 0 saturated carbocycles. The van der Waals surface area contributed by atoms with Crippen LogP contribution in [-0.4, -0.2) is 153 Å². The fourth-order valence-electron chi connectivity index (χ4n) is 8.25. The van der Waals surface area contributed by atoms with Gasteiger partial charge in [0.1, 0.15) is 38.9 Å². The van der Waals surface area contributed by atoms with Crippen molar-refractivity contribution in [2.24, 2.45) is 0 Å². The van der Waals surface area contributed by atoms with Crippen LogP contribution in [0.25, 0.3) is 31.7 Å². The first-order valence-electron chi connectivity index (χ1n) is 24.7. The van der Waals surface area contributed by atoms with Gasteiger partial charge in [-0.1, -0.05) is 0 Å². The van der Waals surface area contributed by atoms with Gasteiger partial charge in [-0.05, 0) is 75.4 Å². The third-order valence-corrected chi connectivity index (χ3v) is 15.9. The smallest absolute Gasteiger partial charge is 0.410 e. The molecule has 6 heterocycles. The molecule has 0 bridgehead atoms.